The minimum atomic E-state index is 0.397. The Labute approximate surface area is 141 Å². The molecule has 0 saturated carbocycles. The van der Waals surface area contributed by atoms with Crippen LogP contribution in [0.25, 0.3) is 0 Å². The number of guanidine groups is 1. The highest BCUT2D eigenvalue weighted by Crippen LogP contribution is 2.32. The van der Waals surface area contributed by atoms with Crippen LogP contribution in [0.3, 0.4) is 0 Å². The number of aromatic nitrogens is 2. The van der Waals surface area contributed by atoms with Crippen LogP contribution in [0.1, 0.15) is 24.1 Å². The monoisotopic (exact) mass is 329 g/mol. The van der Waals surface area contributed by atoms with Crippen LogP contribution in [0.15, 0.2) is 29.4 Å². The molecule has 0 radical (unpaired) electrons. The average Bonchev–Trinajstić information content (AvgIpc) is 2.83. The number of nitrogens with zero attached hydrogens (tertiary/aromatic N) is 2. The van der Waals surface area contributed by atoms with Gasteiger partial charge in [0.15, 0.2) is 17.5 Å². The summed E-state index contributed by atoms with van der Waals surface area (Å²) in [6.45, 7) is 4.02. The molecule has 1 aliphatic heterocycles. The van der Waals surface area contributed by atoms with Gasteiger partial charge in [0.2, 0.25) is 0 Å². The van der Waals surface area contributed by atoms with Gasteiger partial charge >= 0.3 is 0 Å². The molecule has 0 aliphatic carbocycles. The van der Waals surface area contributed by atoms with Crippen LogP contribution in [0, 0.1) is 6.92 Å². The fraction of sp³-hybridized carbons (Fsp3) is 0.412. The van der Waals surface area contributed by atoms with Crippen LogP contribution >= 0.6 is 0 Å². The Hall–Kier alpha value is -2.70. The van der Waals surface area contributed by atoms with Crippen molar-refractivity contribution >= 4 is 11.6 Å². The number of ether oxygens (including phenoxy) is 2. The van der Waals surface area contributed by atoms with Crippen LogP contribution in [0.5, 0.6) is 11.5 Å². The number of anilines is 1. The van der Waals surface area contributed by atoms with Gasteiger partial charge in [0.05, 0.1) is 19.4 Å². The molecule has 1 aromatic heterocycles. The molecule has 128 valence electrons. The Morgan fingerprint density at radius 3 is 2.96 bits per heavy atom. The molecule has 3 rings (SSSR count). The number of fused-ring (bicyclic) bond motifs is 1. The fourth-order valence-corrected chi connectivity index (χ4v) is 2.53. The van der Waals surface area contributed by atoms with E-state index in [1.807, 2.05) is 31.3 Å². The number of H-pyrrole nitrogens is 1. The van der Waals surface area contributed by atoms with Crippen LogP contribution < -0.4 is 20.5 Å². The van der Waals surface area contributed by atoms with Gasteiger partial charge in [-0.15, -0.1) is 0 Å². The molecule has 4 N–H and O–H groups in total. The summed E-state index contributed by atoms with van der Waals surface area (Å²) in [6.07, 6.45) is 4.60. The maximum Gasteiger partial charge on any atom is 0.193 e. The highest BCUT2D eigenvalue weighted by molar-refractivity contribution is 5.92. The molecule has 0 spiro atoms. The summed E-state index contributed by atoms with van der Waals surface area (Å²) >= 11 is 0. The molecule has 24 heavy (non-hydrogen) atoms. The van der Waals surface area contributed by atoms with Gasteiger partial charge in [0, 0.05) is 30.4 Å². The van der Waals surface area contributed by atoms with Crippen molar-refractivity contribution in [3.8, 4) is 11.5 Å². The summed E-state index contributed by atoms with van der Waals surface area (Å²) in [6, 6.07) is 5.68. The summed E-state index contributed by atoms with van der Waals surface area (Å²) in [5.41, 5.74) is 9.12. The Kier molecular flexibility index (Phi) is 5.20. The first-order chi connectivity index (χ1) is 11.7. The summed E-state index contributed by atoms with van der Waals surface area (Å²) in [4.78, 5) is 4.36. The van der Waals surface area contributed by atoms with Crippen molar-refractivity contribution in [2.24, 2.45) is 10.7 Å². The standard InChI is InChI=1S/C17H23N5O2/c1-12-13(11-20-22-12)4-2-7-19-17(18)21-14-5-6-15-16(10-14)24-9-3-8-23-15/h5-6,10-11H,2-4,7-9H2,1H3,(H,20,22)(H3,18,19,21). The molecule has 1 aromatic carbocycles. The fourth-order valence-electron chi connectivity index (χ4n) is 2.53. The molecule has 7 nitrogen and oxygen atoms in total. The molecule has 2 aromatic rings. The van der Waals surface area contributed by atoms with Crippen molar-refractivity contribution in [1.29, 1.82) is 0 Å². The number of aliphatic imine (C=N–C) groups is 1. The van der Waals surface area contributed by atoms with E-state index >= 15 is 0 Å². The maximum absolute atomic E-state index is 5.95. The molecule has 2 heterocycles. The van der Waals surface area contributed by atoms with E-state index < -0.39 is 0 Å². The lowest BCUT2D eigenvalue weighted by molar-refractivity contribution is 0.297. The minimum Gasteiger partial charge on any atom is -0.490 e. The average molecular weight is 329 g/mol. The van der Waals surface area contributed by atoms with Crippen molar-refractivity contribution in [3.05, 3.63) is 35.7 Å². The van der Waals surface area contributed by atoms with Gasteiger partial charge in [-0.25, -0.2) is 0 Å². The first kappa shape index (κ1) is 16.2. The first-order valence-electron chi connectivity index (χ1n) is 8.18. The maximum atomic E-state index is 5.95. The highest BCUT2D eigenvalue weighted by atomic mass is 16.5. The second kappa shape index (κ2) is 7.72. The van der Waals surface area contributed by atoms with Crippen LogP contribution in [-0.2, 0) is 6.42 Å². The van der Waals surface area contributed by atoms with E-state index in [4.69, 9.17) is 15.2 Å². The zero-order valence-corrected chi connectivity index (χ0v) is 13.8. The smallest absolute Gasteiger partial charge is 0.193 e. The van der Waals surface area contributed by atoms with Gasteiger partial charge in [0.25, 0.3) is 0 Å². The van der Waals surface area contributed by atoms with Crippen LogP contribution in [-0.4, -0.2) is 35.9 Å². The SMILES string of the molecule is Cc1[nH]ncc1CCCN=C(N)Nc1ccc2c(c1)OCCCO2. The lowest BCUT2D eigenvalue weighted by Crippen LogP contribution is -2.22. The Balaban J connectivity index is 1.51. The number of aromatic amines is 1. The quantitative estimate of drug-likeness (QED) is 0.444. The van der Waals surface area contributed by atoms with E-state index in [1.54, 1.807) is 0 Å². The van der Waals surface area contributed by atoms with E-state index in [2.05, 4.69) is 20.5 Å². The molecule has 0 fully saturated rings. The third-order valence-corrected chi connectivity index (χ3v) is 3.84. The number of aryl methyl sites for hydroxylation is 2. The minimum absolute atomic E-state index is 0.397. The topological polar surface area (TPSA) is 97.6 Å². The van der Waals surface area contributed by atoms with E-state index in [-0.39, 0.29) is 0 Å². The van der Waals surface area contributed by atoms with Crippen molar-refractivity contribution in [2.45, 2.75) is 26.2 Å². The Morgan fingerprint density at radius 2 is 2.17 bits per heavy atom. The predicted octanol–water partition coefficient (Wildman–Crippen LogP) is 2.24. The number of hydrogen-bond acceptors (Lipinski definition) is 4. The number of hydrogen-bond donors (Lipinski definition) is 3. The molecule has 0 amide bonds. The van der Waals surface area contributed by atoms with E-state index in [1.165, 1.54) is 5.56 Å². The lowest BCUT2D eigenvalue weighted by atomic mass is 10.1. The van der Waals surface area contributed by atoms with Crippen LogP contribution in [0.2, 0.25) is 0 Å². The van der Waals surface area contributed by atoms with Gasteiger partial charge in [-0.2, -0.15) is 5.10 Å². The molecule has 0 atom stereocenters. The van der Waals surface area contributed by atoms with Crippen molar-refractivity contribution in [2.75, 3.05) is 25.1 Å². The van der Waals surface area contributed by atoms with Crippen LogP contribution in [0.4, 0.5) is 5.69 Å². The number of benzene rings is 1. The van der Waals surface area contributed by atoms with Crippen molar-refractivity contribution in [3.63, 3.8) is 0 Å². The van der Waals surface area contributed by atoms with E-state index in [9.17, 15) is 0 Å². The normalized spacial score (nSPS) is 14.3. The van der Waals surface area contributed by atoms with Gasteiger partial charge in [-0.1, -0.05) is 0 Å². The second-order valence-electron chi connectivity index (χ2n) is 5.73. The number of rotatable bonds is 5. The third kappa shape index (κ3) is 4.18. The molecular weight excluding hydrogens is 306 g/mol. The summed E-state index contributed by atoms with van der Waals surface area (Å²) < 4.78 is 11.3. The van der Waals surface area contributed by atoms with Gasteiger partial charge in [-0.05, 0) is 37.5 Å². The Morgan fingerprint density at radius 1 is 1.33 bits per heavy atom. The zero-order valence-electron chi connectivity index (χ0n) is 13.8. The molecule has 7 heteroatoms. The summed E-state index contributed by atoms with van der Waals surface area (Å²) in [7, 11) is 0. The Bertz CT molecular complexity index is 711. The van der Waals surface area contributed by atoms with Crippen molar-refractivity contribution in [1.82, 2.24) is 10.2 Å². The molecular formula is C17H23N5O2. The molecule has 0 bridgehead atoms. The predicted molar refractivity (Wildman–Crippen MR) is 93.8 cm³/mol. The van der Waals surface area contributed by atoms with Crippen molar-refractivity contribution < 1.29 is 9.47 Å². The highest BCUT2D eigenvalue weighted by Gasteiger charge is 2.10. The molecule has 1 aliphatic rings. The lowest BCUT2D eigenvalue weighted by Gasteiger charge is -2.10. The third-order valence-electron chi connectivity index (χ3n) is 3.84. The van der Waals surface area contributed by atoms with Gasteiger partial charge in [-0.3, -0.25) is 10.1 Å². The second-order valence-corrected chi connectivity index (χ2v) is 5.73. The molecule has 0 saturated heterocycles. The van der Waals surface area contributed by atoms with E-state index in [0.717, 1.165) is 42.1 Å². The summed E-state index contributed by atoms with van der Waals surface area (Å²) in [5, 5.41) is 10.0. The van der Waals surface area contributed by atoms with Gasteiger partial charge < -0.3 is 20.5 Å². The number of nitrogens with one attached hydrogen (secondary N) is 2. The number of nitrogens with two attached hydrogens (primary N) is 1. The van der Waals surface area contributed by atoms with Gasteiger partial charge in [0.1, 0.15) is 0 Å². The molecule has 0 unspecified atom stereocenters. The first-order valence-corrected chi connectivity index (χ1v) is 8.18. The van der Waals surface area contributed by atoms with E-state index in [0.29, 0.717) is 25.7 Å². The largest absolute Gasteiger partial charge is 0.490 e. The zero-order chi connectivity index (χ0) is 16.8. The summed E-state index contributed by atoms with van der Waals surface area (Å²) in [5.74, 6) is 1.90.